The smallest absolute Gasteiger partial charge is 0.309 e. The molecule has 6 heteroatoms. The van der Waals surface area contributed by atoms with Crippen LogP contribution in [0.5, 0.6) is 0 Å². The van der Waals surface area contributed by atoms with Gasteiger partial charge >= 0.3 is 11.8 Å². The molecule has 0 unspecified atom stereocenters. The maximum Gasteiger partial charge on any atom is 0.309 e. The zero-order valence-electron chi connectivity index (χ0n) is 17.0. The molecule has 1 aromatic rings. The van der Waals surface area contributed by atoms with Gasteiger partial charge in [0.25, 0.3) is 0 Å². The lowest BCUT2D eigenvalue weighted by atomic mass is 9.77. The Morgan fingerprint density at radius 1 is 1.07 bits per heavy atom. The second kappa shape index (κ2) is 10.6. The van der Waals surface area contributed by atoms with Crippen LogP contribution in [0.15, 0.2) is 42.0 Å². The van der Waals surface area contributed by atoms with E-state index in [9.17, 15) is 14.7 Å². The van der Waals surface area contributed by atoms with Gasteiger partial charge < -0.3 is 20.5 Å². The lowest BCUT2D eigenvalue weighted by Gasteiger charge is -2.39. The van der Waals surface area contributed by atoms with Crippen molar-refractivity contribution < 1.29 is 19.4 Å². The van der Waals surface area contributed by atoms with Crippen molar-refractivity contribution in [3.63, 3.8) is 0 Å². The third-order valence-corrected chi connectivity index (χ3v) is 6.01. The molecule has 1 saturated heterocycles. The standard InChI is InChI=1S/C23H32N2O4/c26-21(24-14-11-18-7-3-1-4-8-18)22(27)25-17-23(28,19-9-5-2-6-10-19)20-12-15-29-16-13-20/h2,5-7,9-10,20,28H,1,3-4,8,11-17H2,(H,24,26)(H,25,27)/t23-/m0/s1. The van der Waals surface area contributed by atoms with Gasteiger partial charge in [-0.25, -0.2) is 0 Å². The first-order valence-electron chi connectivity index (χ1n) is 10.7. The van der Waals surface area contributed by atoms with Gasteiger partial charge in [-0.3, -0.25) is 9.59 Å². The fraction of sp³-hybridized carbons (Fsp3) is 0.565. The number of rotatable bonds is 7. The van der Waals surface area contributed by atoms with Gasteiger partial charge in [0.05, 0.1) is 6.54 Å². The van der Waals surface area contributed by atoms with Gasteiger partial charge in [0.2, 0.25) is 0 Å². The van der Waals surface area contributed by atoms with Gasteiger partial charge in [-0.05, 0) is 56.4 Å². The monoisotopic (exact) mass is 400 g/mol. The van der Waals surface area contributed by atoms with Crippen LogP contribution in [0.4, 0.5) is 0 Å². The molecule has 2 aliphatic rings. The quantitative estimate of drug-likeness (QED) is 0.485. The predicted octanol–water partition coefficient (Wildman–Crippen LogP) is 2.42. The number of carbonyl (C=O) groups is 2. The molecule has 0 aromatic heterocycles. The Kier molecular flexibility index (Phi) is 7.83. The highest BCUT2D eigenvalue weighted by Gasteiger charge is 2.39. The summed E-state index contributed by atoms with van der Waals surface area (Å²) in [7, 11) is 0. The molecule has 158 valence electrons. The van der Waals surface area contributed by atoms with Gasteiger partial charge in [0.15, 0.2) is 0 Å². The van der Waals surface area contributed by atoms with Crippen molar-refractivity contribution in [1.82, 2.24) is 10.6 Å². The SMILES string of the molecule is O=C(NCCC1=CCCCC1)C(=O)NC[C@](O)(c1ccccc1)C1CCOCC1. The molecule has 3 rings (SSSR count). The molecule has 1 aliphatic carbocycles. The largest absolute Gasteiger partial charge is 0.383 e. The van der Waals surface area contributed by atoms with Crippen molar-refractivity contribution in [3.05, 3.63) is 47.5 Å². The third kappa shape index (κ3) is 5.90. The predicted molar refractivity (Wildman–Crippen MR) is 111 cm³/mol. The van der Waals surface area contributed by atoms with Crippen molar-refractivity contribution in [2.75, 3.05) is 26.3 Å². The van der Waals surface area contributed by atoms with Gasteiger partial charge in [-0.2, -0.15) is 0 Å². The topological polar surface area (TPSA) is 87.7 Å². The number of hydrogen-bond donors (Lipinski definition) is 3. The van der Waals surface area contributed by atoms with E-state index in [0.29, 0.717) is 32.6 Å². The highest BCUT2D eigenvalue weighted by atomic mass is 16.5. The molecule has 6 nitrogen and oxygen atoms in total. The van der Waals surface area contributed by atoms with Crippen LogP contribution < -0.4 is 10.6 Å². The summed E-state index contributed by atoms with van der Waals surface area (Å²) in [4.78, 5) is 24.5. The van der Waals surface area contributed by atoms with E-state index in [0.717, 1.165) is 24.8 Å². The van der Waals surface area contributed by atoms with Crippen molar-refractivity contribution in [3.8, 4) is 0 Å². The third-order valence-electron chi connectivity index (χ3n) is 6.01. The van der Waals surface area contributed by atoms with Gasteiger partial charge in [0, 0.05) is 19.8 Å². The first kappa shape index (κ1) is 21.5. The minimum Gasteiger partial charge on any atom is -0.383 e. The van der Waals surface area contributed by atoms with Gasteiger partial charge in [0.1, 0.15) is 5.60 Å². The van der Waals surface area contributed by atoms with E-state index in [4.69, 9.17) is 4.74 Å². The van der Waals surface area contributed by atoms with Crippen molar-refractivity contribution in [2.24, 2.45) is 5.92 Å². The van der Waals surface area contributed by atoms with Crippen LogP contribution in [0, 0.1) is 5.92 Å². The maximum absolute atomic E-state index is 12.3. The molecule has 0 bridgehead atoms. The molecule has 1 aliphatic heterocycles. The van der Waals surface area contributed by atoms with Crippen LogP contribution in [0.3, 0.4) is 0 Å². The molecule has 2 amide bonds. The first-order valence-corrected chi connectivity index (χ1v) is 10.7. The summed E-state index contributed by atoms with van der Waals surface area (Å²) in [6.07, 6.45) is 9.06. The number of nitrogens with one attached hydrogen (secondary N) is 2. The number of aliphatic hydroxyl groups is 1. The minimum absolute atomic E-state index is 0.000907. The average Bonchev–Trinajstić information content (AvgIpc) is 2.79. The van der Waals surface area contributed by atoms with Crippen molar-refractivity contribution in [2.45, 2.75) is 50.5 Å². The van der Waals surface area contributed by atoms with Crippen molar-refractivity contribution >= 4 is 11.8 Å². The molecule has 1 heterocycles. The van der Waals surface area contributed by atoms with Gasteiger partial charge in [-0.15, -0.1) is 0 Å². The fourth-order valence-corrected chi connectivity index (χ4v) is 4.23. The Bertz CT molecular complexity index is 713. The van der Waals surface area contributed by atoms with Crippen LogP contribution in [0.25, 0.3) is 0 Å². The molecule has 1 fully saturated rings. The molecular weight excluding hydrogens is 368 g/mol. The van der Waals surface area contributed by atoms with E-state index in [2.05, 4.69) is 16.7 Å². The lowest BCUT2D eigenvalue weighted by Crippen LogP contribution is -2.50. The summed E-state index contributed by atoms with van der Waals surface area (Å²) >= 11 is 0. The molecular formula is C23H32N2O4. The van der Waals surface area contributed by atoms with E-state index < -0.39 is 17.4 Å². The Labute approximate surface area is 172 Å². The molecule has 0 saturated carbocycles. The second-order valence-electron chi connectivity index (χ2n) is 7.97. The number of carbonyl (C=O) groups excluding carboxylic acids is 2. The van der Waals surface area contributed by atoms with Crippen LogP contribution in [-0.2, 0) is 19.9 Å². The minimum atomic E-state index is -1.23. The summed E-state index contributed by atoms with van der Waals surface area (Å²) < 4.78 is 5.42. The van der Waals surface area contributed by atoms with E-state index in [1.165, 1.54) is 18.4 Å². The Balaban J connectivity index is 1.54. The maximum atomic E-state index is 12.3. The highest BCUT2D eigenvalue weighted by molar-refractivity contribution is 6.35. The summed E-state index contributed by atoms with van der Waals surface area (Å²) in [5, 5.41) is 16.8. The van der Waals surface area contributed by atoms with Crippen LogP contribution in [0.2, 0.25) is 0 Å². The molecule has 29 heavy (non-hydrogen) atoms. The van der Waals surface area contributed by atoms with E-state index in [1.807, 2.05) is 30.3 Å². The summed E-state index contributed by atoms with van der Waals surface area (Å²) in [5.41, 5.74) is 0.875. The summed E-state index contributed by atoms with van der Waals surface area (Å²) in [5.74, 6) is -1.40. The number of ether oxygens (including phenoxy) is 1. The fourth-order valence-electron chi connectivity index (χ4n) is 4.23. The zero-order valence-corrected chi connectivity index (χ0v) is 17.0. The average molecular weight is 401 g/mol. The molecule has 1 aromatic carbocycles. The van der Waals surface area contributed by atoms with Crippen LogP contribution in [0.1, 0.15) is 50.5 Å². The Morgan fingerprint density at radius 3 is 2.48 bits per heavy atom. The number of allylic oxidation sites excluding steroid dienone is 1. The normalized spacial score (nSPS) is 19.7. The van der Waals surface area contributed by atoms with Crippen LogP contribution in [-0.4, -0.2) is 43.2 Å². The lowest BCUT2D eigenvalue weighted by molar-refractivity contribution is -0.140. The number of benzene rings is 1. The zero-order chi connectivity index (χ0) is 20.5. The second-order valence-corrected chi connectivity index (χ2v) is 7.97. The van der Waals surface area contributed by atoms with Gasteiger partial charge in [-0.1, -0.05) is 42.0 Å². The summed E-state index contributed by atoms with van der Waals surface area (Å²) in [6, 6.07) is 9.35. The number of amides is 2. The molecule has 0 spiro atoms. The van der Waals surface area contributed by atoms with Crippen molar-refractivity contribution in [1.29, 1.82) is 0 Å². The molecule has 3 N–H and O–H groups in total. The van der Waals surface area contributed by atoms with E-state index in [-0.39, 0.29) is 12.5 Å². The van der Waals surface area contributed by atoms with E-state index >= 15 is 0 Å². The molecule has 0 radical (unpaired) electrons. The molecule has 1 atom stereocenters. The first-order chi connectivity index (χ1) is 14.1. The van der Waals surface area contributed by atoms with E-state index in [1.54, 1.807) is 0 Å². The number of hydrogen-bond acceptors (Lipinski definition) is 4. The highest BCUT2D eigenvalue weighted by Crippen LogP contribution is 2.35. The Morgan fingerprint density at radius 2 is 1.79 bits per heavy atom. The Hall–Kier alpha value is -2.18. The van der Waals surface area contributed by atoms with Crippen LogP contribution >= 0.6 is 0 Å². The summed E-state index contributed by atoms with van der Waals surface area (Å²) in [6.45, 7) is 1.63.